The molecule has 0 radical (unpaired) electrons. The Morgan fingerprint density at radius 1 is 1.24 bits per heavy atom. The van der Waals surface area contributed by atoms with E-state index in [-0.39, 0.29) is 41.8 Å². The second-order valence-electron chi connectivity index (χ2n) is 12.3. The van der Waals surface area contributed by atoms with Crippen LogP contribution in [0.5, 0.6) is 11.5 Å². The van der Waals surface area contributed by atoms with Crippen LogP contribution in [0.25, 0.3) is 22.2 Å². The number of aliphatic hydroxyl groups is 1. The number of carbonyl (C=O) groups excluding carboxylic acids is 2. The number of benzene rings is 2. The van der Waals surface area contributed by atoms with E-state index in [0.717, 1.165) is 24.3 Å². The second-order valence-corrected chi connectivity index (χ2v) is 13.1. The van der Waals surface area contributed by atoms with Crippen LogP contribution >= 0.6 is 15.9 Å². The molecule has 2 saturated carbocycles. The van der Waals surface area contributed by atoms with Gasteiger partial charge in [-0.1, -0.05) is 0 Å². The molecule has 0 saturated heterocycles. The van der Waals surface area contributed by atoms with E-state index in [1.807, 2.05) is 10.9 Å². The van der Waals surface area contributed by atoms with E-state index in [1.165, 1.54) is 13.2 Å². The zero-order valence-corrected chi connectivity index (χ0v) is 26.1. The summed E-state index contributed by atoms with van der Waals surface area (Å²) >= 11 is 2.94. The number of nitrogens with two attached hydrogens (primary N) is 1. The number of hydrogen-bond donors (Lipinski definition) is 3. The van der Waals surface area contributed by atoms with Crippen molar-refractivity contribution in [2.45, 2.75) is 49.7 Å². The third-order valence-corrected chi connectivity index (χ3v) is 9.84. The average molecular weight is 683 g/mol. The first-order valence-electron chi connectivity index (χ1n) is 14.6. The minimum absolute atomic E-state index is 0.0149. The predicted octanol–water partition coefficient (Wildman–Crippen LogP) is 4.65. The van der Waals surface area contributed by atoms with Crippen LogP contribution in [0.15, 0.2) is 41.0 Å². The molecular weight excluding hydrogens is 652 g/mol. The SMILES string of the molecule is COc1cc(C(=O)NC[C@](O)(c2cc3c(c(-c4ccc(F)c(Br)c4F)n2)OC[C@]3(C)C(N)=O)C2CC2)cc2cn(C3CC3)nc12. The van der Waals surface area contributed by atoms with E-state index in [4.69, 9.17) is 15.2 Å². The lowest BCUT2D eigenvalue weighted by Crippen LogP contribution is -2.44. The second kappa shape index (κ2) is 10.5. The average Bonchev–Trinajstić information content (AvgIpc) is 3.97. The van der Waals surface area contributed by atoms with Gasteiger partial charge in [0.2, 0.25) is 5.91 Å². The molecule has 3 aliphatic rings. The van der Waals surface area contributed by atoms with Crippen LogP contribution in [-0.2, 0) is 15.8 Å². The Balaban J connectivity index is 1.27. The van der Waals surface area contributed by atoms with Crippen LogP contribution in [0.3, 0.4) is 0 Å². The van der Waals surface area contributed by atoms with Gasteiger partial charge in [0.05, 0.1) is 29.9 Å². The number of aromatic nitrogens is 3. The van der Waals surface area contributed by atoms with Gasteiger partial charge in [0.25, 0.3) is 5.91 Å². The number of primary amides is 1. The third-order valence-electron chi connectivity index (χ3n) is 9.12. The topological polar surface area (TPSA) is 142 Å². The molecule has 2 atom stereocenters. The van der Waals surface area contributed by atoms with Crippen molar-refractivity contribution in [1.29, 1.82) is 0 Å². The standard InChI is InChI=1S/C32H30BrF2N5O5/c1-31(30(36)42)14-45-28-20(31)11-23(38-27(28)19-7-8-21(34)24(33)25(19)35)32(43,17-3-4-17)13-37-29(41)15-9-16-12-40(18-5-6-18)39-26(16)22(10-15)44-2/h7-12,17-18,43H,3-6,13-14H2,1-2H3,(H2,36,42)(H,37,41)/t31-,32+/m0/s1. The Hall–Kier alpha value is -4.10. The smallest absolute Gasteiger partial charge is 0.251 e. The van der Waals surface area contributed by atoms with Crippen molar-refractivity contribution in [3.8, 4) is 22.8 Å². The van der Waals surface area contributed by atoms with Crippen LogP contribution in [0.2, 0.25) is 0 Å². The number of ether oxygens (including phenoxy) is 2. The fraction of sp³-hybridized carbons (Fsp3) is 0.375. The van der Waals surface area contributed by atoms with Gasteiger partial charge >= 0.3 is 0 Å². The van der Waals surface area contributed by atoms with Crippen LogP contribution in [0, 0.1) is 17.6 Å². The molecule has 234 valence electrons. The Morgan fingerprint density at radius 3 is 2.67 bits per heavy atom. The summed E-state index contributed by atoms with van der Waals surface area (Å²) in [7, 11) is 1.52. The maximum atomic E-state index is 15.4. The summed E-state index contributed by atoms with van der Waals surface area (Å²) in [6.07, 6.45) is 5.31. The van der Waals surface area contributed by atoms with E-state index in [9.17, 15) is 19.1 Å². The zero-order chi connectivity index (χ0) is 31.8. The number of methoxy groups -OCH3 is 1. The third kappa shape index (κ3) is 4.83. The number of halogens is 3. The van der Waals surface area contributed by atoms with Gasteiger partial charge in [-0.15, -0.1) is 0 Å². The molecule has 3 heterocycles. The molecule has 2 fully saturated rings. The van der Waals surface area contributed by atoms with E-state index >= 15 is 4.39 Å². The number of carbonyl (C=O) groups is 2. The predicted molar refractivity (Wildman–Crippen MR) is 163 cm³/mol. The highest BCUT2D eigenvalue weighted by molar-refractivity contribution is 9.10. The minimum atomic E-state index is -1.70. The molecule has 2 aliphatic carbocycles. The van der Waals surface area contributed by atoms with Crippen molar-refractivity contribution in [1.82, 2.24) is 20.1 Å². The van der Waals surface area contributed by atoms with Crippen molar-refractivity contribution in [3.63, 3.8) is 0 Å². The summed E-state index contributed by atoms with van der Waals surface area (Å²) in [5.41, 5.74) is 4.08. The van der Waals surface area contributed by atoms with Gasteiger partial charge in [-0.3, -0.25) is 14.3 Å². The highest BCUT2D eigenvalue weighted by Crippen LogP contribution is 2.50. The summed E-state index contributed by atoms with van der Waals surface area (Å²) in [6, 6.07) is 7.53. The lowest BCUT2D eigenvalue weighted by atomic mass is 9.81. The van der Waals surface area contributed by atoms with Crippen molar-refractivity contribution in [2.24, 2.45) is 11.7 Å². The maximum Gasteiger partial charge on any atom is 0.251 e. The molecule has 10 nitrogen and oxygen atoms in total. The number of rotatable bonds is 9. The summed E-state index contributed by atoms with van der Waals surface area (Å²) in [5, 5.41) is 20.4. The van der Waals surface area contributed by atoms with Crippen LogP contribution in [-0.4, -0.2) is 51.9 Å². The van der Waals surface area contributed by atoms with Gasteiger partial charge in [-0.25, -0.2) is 13.8 Å². The first-order valence-corrected chi connectivity index (χ1v) is 15.4. The molecule has 13 heteroatoms. The molecule has 0 unspecified atom stereocenters. The van der Waals surface area contributed by atoms with Crippen LogP contribution in [0.1, 0.15) is 60.3 Å². The van der Waals surface area contributed by atoms with Gasteiger partial charge in [-0.05, 0) is 84.8 Å². The van der Waals surface area contributed by atoms with Crippen molar-refractivity contribution in [3.05, 3.63) is 69.5 Å². The number of amides is 2. The summed E-state index contributed by atoms with van der Waals surface area (Å²) in [4.78, 5) is 30.8. The highest BCUT2D eigenvalue weighted by Gasteiger charge is 2.50. The number of nitrogens with zero attached hydrogens (tertiary/aromatic N) is 3. The zero-order valence-electron chi connectivity index (χ0n) is 24.5. The molecule has 4 N–H and O–H groups in total. The van der Waals surface area contributed by atoms with Crippen molar-refractivity contribution < 1.29 is 33.0 Å². The van der Waals surface area contributed by atoms with Gasteiger partial charge in [-0.2, -0.15) is 5.10 Å². The summed E-state index contributed by atoms with van der Waals surface area (Å²) < 4.78 is 42.5. The van der Waals surface area contributed by atoms with Crippen molar-refractivity contribution in [2.75, 3.05) is 20.3 Å². The van der Waals surface area contributed by atoms with E-state index in [2.05, 4.69) is 31.3 Å². The fourth-order valence-electron chi connectivity index (χ4n) is 5.96. The summed E-state index contributed by atoms with van der Waals surface area (Å²) in [5.74, 6) is -2.56. The normalized spacial score (nSPS) is 20.4. The van der Waals surface area contributed by atoms with Gasteiger partial charge in [0.1, 0.15) is 52.0 Å². The molecule has 0 spiro atoms. The monoisotopic (exact) mass is 681 g/mol. The van der Waals surface area contributed by atoms with Gasteiger partial charge in [0.15, 0.2) is 0 Å². The van der Waals surface area contributed by atoms with E-state index in [1.54, 1.807) is 25.1 Å². The number of fused-ring (bicyclic) bond motifs is 2. The molecule has 2 aromatic carbocycles. The molecule has 4 aromatic rings. The Morgan fingerprint density at radius 2 is 2.00 bits per heavy atom. The van der Waals surface area contributed by atoms with Crippen molar-refractivity contribution >= 4 is 38.6 Å². The maximum absolute atomic E-state index is 15.4. The Labute approximate surface area is 265 Å². The van der Waals surface area contributed by atoms with Gasteiger partial charge in [0, 0.05) is 28.3 Å². The minimum Gasteiger partial charge on any atom is -0.494 e. The largest absolute Gasteiger partial charge is 0.494 e. The van der Waals surface area contributed by atoms with Crippen LogP contribution < -0.4 is 20.5 Å². The molecular formula is C32H30BrF2N5O5. The first kappa shape index (κ1) is 29.6. The molecule has 1 aliphatic heterocycles. The Kier molecular flexibility index (Phi) is 6.89. The lowest BCUT2D eigenvalue weighted by molar-refractivity contribution is -0.123. The molecule has 2 amide bonds. The highest BCUT2D eigenvalue weighted by atomic mass is 79.9. The number of hydrogen-bond acceptors (Lipinski definition) is 7. The number of pyridine rings is 1. The molecule has 2 aromatic heterocycles. The lowest BCUT2D eigenvalue weighted by Gasteiger charge is -2.30. The summed E-state index contributed by atoms with van der Waals surface area (Å²) in [6.45, 7) is 1.24. The Bertz CT molecular complexity index is 1910. The molecule has 45 heavy (non-hydrogen) atoms. The molecule has 7 rings (SSSR count). The quantitative estimate of drug-likeness (QED) is 0.219. The van der Waals surface area contributed by atoms with E-state index in [0.29, 0.717) is 41.3 Å². The fourth-order valence-corrected chi connectivity index (χ4v) is 6.30. The van der Waals surface area contributed by atoms with Gasteiger partial charge < -0.3 is 25.6 Å². The first-order chi connectivity index (χ1) is 21.4. The number of nitrogens with one attached hydrogen (secondary N) is 1. The molecule has 0 bridgehead atoms. The van der Waals surface area contributed by atoms with Crippen LogP contribution in [0.4, 0.5) is 8.78 Å². The van der Waals surface area contributed by atoms with E-state index < -0.39 is 38.9 Å².